The number of rotatable bonds is 5. The molecule has 1 unspecified atom stereocenters. The highest BCUT2D eigenvalue weighted by molar-refractivity contribution is 6.31. The fraction of sp³-hybridized carbons (Fsp3) is 0.250. The summed E-state index contributed by atoms with van der Waals surface area (Å²) < 4.78 is 5.16. The normalized spacial score (nSPS) is 12.2. The molecular weight excluding hydrogens is 274 g/mol. The zero-order chi connectivity index (χ0) is 14.5. The first-order valence-corrected chi connectivity index (χ1v) is 6.83. The Labute approximate surface area is 124 Å². The van der Waals surface area contributed by atoms with E-state index in [4.69, 9.17) is 16.3 Å². The molecule has 20 heavy (non-hydrogen) atoms. The molecule has 106 valence electrons. The number of benzene rings is 2. The van der Waals surface area contributed by atoms with Gasteiger partial charge in [0.2, 0.25) is 0 Å². The van der Waals surface area contributed by atoms with E-state index in [-0.39, 0.29) is 11.8 Å². The fourth-order valence-electron chi connectivity index (χ4n) is 2.03. The van der Waals surface area contributed by atoms with E-state index in [1.165, 1.54) is 0 Å². The number of aromatic hydroxyl groups is 1. The van der Waals surface area contributed by atoms with Crippen molar-refractivity contribution in [3.8, 4) is 11.5 Å². The molecule has 0 saturated heterocycles. The maximum atomic E-state index is 9.85. The third kappa shape index (κ3) is 3.44. The van der Waals surface area contributed by atoms with Gasteiger partial charge in [-0.2, -0.15) is 0 Å². The largest absolute Gasteiger partial charge is 0.508 e. The zero-order valence-corrected chi connectivity index (χ0v) is 12.3. The van der Waals surface area contributed by atoms with Crippen molar-refractivity contribution in [2.75, 3.05) is 7.11 Å². The van der Waals surface area contributed by atoms with E-state index >= 15 is 0 Å². The number of hydrogen-bond acceptors (Lipinski definition) is 3. The van der Waals surface area contributed by atoms with Gasteiger partial charge in [0.25, 0.3) is 0 Å². The van der Waals surface area contributed by atoms with Crippen LogP contribution in [-0.4, -0.2) is 12.2 Å². The second-order valence-electron chi connectivity index (χ2n) is 4.62. The summed E-state index contributed by atoms with van der Waals surface area (Å²) in [6.07, 6.45) is 0. The molecule has 2 rings (SSSR count). The van der Waals surface area contributed by atoms with Gasteiger partial charge in [0.15, 0.2) is 0 Å². The molecule has 0 aromatic heterocycles. The smallest absolute Gasteiger partial charge is 0.120 e. The lowest BCUT2D eigenvalue weighted by Gasteiger charge is -2.16. The predicted octanol–water partition coefficient (Wildman–Crippen LogP) is 3.91. The van der Waals surface area contributed by atoms with Crippen molar-refractivity contribution in [1.82, 2.24) is 5.32 Å². The van der Waals surface area contributed by atoms with E-state index in [9.17, 15) is 5.11 Å². The molecule has 3 nitrogen and oxygen atoms in total. The van der Waals surface area contributed by atoms with Crippen LogP contribution in [-0.2, 0) is 6.54 Å². The van der Waals surface area contributed by atoms with Gasteiger partial charge in [-0.1, -0.05) is 29.8 Å². The van der Waals surface area contributed by atoms with Crippen LogP contribution in [0.3, 0.4) is 0 Å². The number of ether oxygens (including phenoxy) is 1. The van der Waals surface area contributed by atoms with Crippen LogP contribution in [0.2, 0.25) is 5.02 Å². The third-order valence-corrected chi connectivity index (χ3v) is 3.60. The van der Waals surface area contributed by atoms with E-state index in [1.54, 1.807) is 19.2 Å². The topological polar surface area (TPSA) is 41.5 Å². The molecule has 0 spiro atoms. The molecule has 0 heterocycles. The summed E-state index contributed by atoms with van der Waals surface area (Å²) in [5.74, 6) is 0.981. The predicted molar refractivity (Wildman–Crippen MR) is 81.4 cm³/mol. The van der Waals surface area contributed by atoms with Crippen LogP contribution in [0.5, 0.6) is 11.5 Å². The molecule has 2 N–H and O–H groups in total. The Hall–Kier alpha value is -1.71. The summed E-state index contributed by atoms with van der Waals surface area (Å²) >= 11 is 6.17. The highest BCUT2D eigenvalue weighted by Crippen LogP contribution is 2.25. The van der Waals surface area contributed by atoms with Crippen LogP contribution in [0, 0.1) is 0 Å². The summed E-state index contributed by atoms with van der Waals surface area (Å²) in [6, 6.07) is 13.0. The van der Waals surface area contributed by atoms with Crippen LogP contribution in [0.4, 0.5) is 0 Å². The summed E-state index contributed by atoms with van der Waals surface area (Å²) in [5.41, 5.74) is 1.83. The minimum Gasteiger partial charge on any atom is -0.508 e. The van der Waals surface area contributed by atoms with Gasteiger partial charge in [-0.3, -0.25) is 0 Å². The van der Waals surface area contributed by atoms with Gasteiger partial charge < -0.3 is 15.2 Å². The molecule has 0 bridgehead atoms. The second kappa shape index (κ2) is 6.64. The molecular formula is C16H18ClNO2. The number of phenols is 1. The van der Waals surface area contributed by atoms with Gasteiger partial charge in [-0.05, 0) is 36.8 Å². The number of nitrogens with one attached hydrogen (secondary N) is 1. The van der Waals surface area contributed by atoms with E-state index in [1.807, 2.05) is 37.3 Å². The van der Waals surface area contributed by atoms with Crippen LogP contribution in [0.25, 0.3) is 0 Å². The lowest BCUT2D eigenvalue weighted by atomic mass is 10.1. The SMILES string of the molecule is COc1ccc(O)c(CNC(C)c2ccccc2Cl)c1. The van der Waals surface area contributed by atoms with Gasteiger partial charge >= 0.3 is 0 Å². The molecule has 1 atom stereocenters. The van der Waals surface area contributed by atoms with Gasteiger partial charge in [0.1, 0.15) is 11.5 Å². The summed E-state index contributed by atoms with van der Waals surface area (Å²) in [7, 11) is 1.61. The first-order chi connectivity index (χ1) is 9.61. The number of halogens is 1. The Balaban J connectivity index is 2.07. The molecule has 0 amide bonds. The maximum absolute atomic E-state index is 9.85. The van der Waals surface area contributed by atoms with Crippen molar-refractivity contribution < 1.29 is 9.84 Å². The van der Waals surface area contributed by atoms with Crippen molar-refractivity contribution >= 4 is 11.6 Å². The molecule has 0 aliphatic rings. The second-order valence-corrected chi connectivity index (χ2v) is 5.03. The standard InChI is InChI=1S/C16H18ClNO2/c1-11(14-5-3-4-6-15(14)17)18-10-12-9-13(20-2)7-8-16(12)19/h3-9,11,18-19H,10H2,1-2H3. The average molecular weight is 292 g/mol. The van der Waals surface area contributed by atoms with Crippen molar-refractivity contribution in [2.24, 2.45) is 0 Å². The summed E-state index contributed by atoms with van der Waals surface area (Å²) in [4.78, 5) is 0. The van der Waals surface area contributed by atoms with E-state index < -0.39 is 0 Å². The molecule has 0 radical (unpaired) electrons. The van der Waals surface area contributed by atoms with E-state index in [0.717, 1.165) is 21.9 Å². The summed E-state index contributed by atoms with van der Waals surface area (Å²) in [5, 5.41) is 13.9. The number of phenolic OH excluding ortho intramolecular Hbond substituents is 1. The Kier molecular flexibility index (Phi) is 4.88. The minimum atomic E-state index is 0.0919. The van der Waals surface area contributed by atoms with Crippen molar-refractivity contribution in [3.63, 3.8) is 0 Å². The molecule has 0 fully saturated rings. The van der Waals surface area contributed by atoms with Crippen LogP contribution in [0.1, 0.15) is 24.1 Å². The third-order valence-electron chi connectivity index (χ3n) is 3.26. The van der Waals surface area contributed by atoms with Crippen LogP contribution < -0.4 is 10.1 Å². The molecule has 2 aromatic rings. The van der Waals surface area contributed by atoms with Gasteiger partial charge in [-0.15, -0.1) is 0 Å². The Morgan fingerprint density at radius 2 is 2.00 bits per heavy atom. The highest BCUT2D eigenvalue weighted by Gasteiger charge is 2.10. The molecule has 4 heteroatoms. The van der Waals surface area contributed by atoms with Crippen LogP contribution in [0.15, 0.2) is 42.5 Å². The quantitative estimate of drug-likeness (QED) is 0.878. The first-order valence-electron chi connectivity index (χ1n) is 6.45. The highest BCUT2D eigenvalue weighted by atomic mass is 35.5. The van der Waals surface area contributed by atoms with E-state index in [0.29, 0.717) is 6.54 Å². The fourth-order valence-corrected chi connectivity index (χ4v) is 2.33. The van der Waals surface area contributed by atoms with Crippen molar-refractivity contribution in [3.05, 3.63) is 58.6 Å². The first kappa shape index (κ1) is 14.7. The molecule has 2 aromatic carbocycles. The average Bonchev–Trinajstić information content (AvgIpc) is 2.46. The summed E-state index contributed by atoms with van der Waals surface area (Å²) in [6.45, 7) is 2.58. The van der Waals surface area contributed by atoms with Crippen molar-refractivity contribution in [1.29, 1.82) is 0 Å². The Morgan fingerprint density at radius 1 is 1.25 bits per heavy atom. The van der Waals surface area contributed by atoms with E-state index in [2.05, 4.69) is 5.32 Å². The van der Waals surface area contributed by atoms with Crippen LogP contribution >= 0.6 is 11.6 Å². The zero-order valence-electron chi connectivity index (χ0n) is 11.6. The van der Waals surface area contributed by atoms with Gasteiger partial charge in [0.05, 0.1) is 7.11 Å². The maximum Gasteiger partial charge on any atom is 0.120 e. The number of methoxy groups -OCH3 is 1. The molecule has 0 aliphatic heterocycles. The van der Waals surface area contributed by atoms with Gasteiger partial charge in [0, 0.05) is 23.2 Å². The minimum absolute atomic E-state index is 0.0919. The van der Waals surface area contributed by atoms with Crippen molar-refractivity contribution in [2.45, 2.75) is 19.5 Å². The lowest BCUT2D eigenvalue weighted by molar-refractivity contribution is 0.409. The molecule has 0 aliphatic carbocycles. The van der Waals surface area contributed by atoms with Gasteiger partial charge in [-0.25, -0.2) is 0 Å². The Morgan fingerprint density at radius 3 is 2.70 bits per heavy atom. The monoisotopic (exact) mass is 291 g/mol. The lowest BCUT2D eigenvalue weighted by Crippen LogP contribution is -2.18. The molecule has 0 saturated carbocycles. The number of hydrogen-bond donors (Lipinski definition) is 2. The Bertz CT molecular complexity index is 586.